The van der Waals surface area contributed by atoms with Gasteiger partial charge in [-0.05, 0) is 43.1 Å². The van der Waals surface area contributed by atoms with Crippen molar-refractivity contribution in [3.63, 3.8) is 0 Å². The molecule has 0 fully saturated rings. The highest BCUT2D eigenvalue weighted by molar-refractivity contribution is 5.27. The lowest BCUT2D eigenvalue weighted by Gasteiger charge is -2.17. The summed E-state index contributed by atoms with van der Waals surface area (Å²) in [5, 5.41) is 17.0. The van der Waals surface area contributed by atoms with E-state index in [0.29, 0.717) is 11.8 Å². The van der Waals surface area contributed by atoms with Crippen molar-refractivity contribution in [2.45, 2.75) is 32.4 Å². The van der Waals surface area contributed by atoms with Crippen LogP contribution in [-0.4, -0.2) is 21.4 Å². The number of phenols is 1. The second kappa shape index (κ2) is 6.95. The fraction of sp³-hybridized carbons (Fsp3) is 0.400. The number of hydrogen-bond acceptors (Lipinski definition) is 3. The van der Waals surface area contributed by atoms with Gasteiger partial charge in [-0.2, -0.15) is 5.10 Å². The molecule has 19 heavy (non-hydrogen) atoms. The van der Waals surface area contributed by atoms with E-state index in [0.717, 1.165) is 25.9 Å². The minimum Gasteiger partial charge on any atom is -0.508 e. The van der Waals surface area contributed by atoms with Crippen LogP contribution in [-0.2, 0) is 6.54 Å². The van der Waals surface area contributed by atoms with Crippen LogP contribution in [0.4, 0.5) is 0 Å². The molecule has 0 saturated heterocycles. The van der Waals surface area contributed by atoms with Gasteiger partial charge in [-0.3, -0.25) is 4.68 Å². The van der Waals surface area contributed by atoms with Crippen LogP contribution in [0.2, 0.25) is 0 Å². The first-order valence-electron chi connectivity index (χ1n) is 6.79. The molecule has 0 spiro atoms. The van der Waals surface area contributed by atoms with Crippen LogP contribution in [0, 0.1) is 0 Å². The summed E-state index contributed by atoms with van der Waals surface area (Å²) in [5.41, 5.74) is 1.22. The molecule has 2 rings (SSSR count). The highest BCUT2D eigenvalue weighted by Gasteiger charge is 2.07. The van der Waals surface area contributed by atoms with Crippen molar-refractivity contribution in [3.05, 3.63) is 48.3 Å². The largest absolute Gasteiger partial charge is 0.508 e. The van der Waals surface area contributed by atoms with Crippen molar-refractivity contribution in [2.75, 3.05) is 6.54 Å². The van der Waals surface area contributed by atoms with Gasteiger partial charge in [0.05, 0.1) is 0 Å². The molecule has 2 aromatic rings. The molecule has 0 aliphatic carbocycles. The molecule has 4 heteroatoms. The zero-order chi connectivity index (χ0) is 13.5. The van der Waals surface area contributed by atoms with Crippen molar-refractivity contribution in [1.82, 2.24) is 15.1 Å². The second-order valence-corrected chi connectivity index (χ2v) is 4.63. The van der Waals surface area contributed by atoms with E-state index in [4.69, 9.17) is 0 Å². The fourth-order valence-electron chi connectivity index (χ4n) is 2.15. The average molecular weight is 259 g/mol. The number of aryl methyl sites for hydroxylation is 1. The Morgan fingerprint density at radius 2 is 2.11 bits per heavy atom. The van der Waals surface area contributed by atoms with Crippen molar-refractivity contribution in [3.8, 4) is 5.75 Å². The van der Waals surface area contributed by atoms with Crippen LogP contribution in [0.15, 0.2) is 42.7 Å². The molecule has 102 valence electrons. The van der Waals surface area contributed by atoms with Crippen LogP contribution in [0.25, 0.3) is 0 Å². The lowest BCUT2D eigenvalue weighted by molar-refractivity contribution is 0.469. The summed E-state index contributed by atoms with van der Waals surface area (Å²) in [6.07, 6.45) is 5.87. The maximum absolute atomic E-state index is 9.30. The van der Waals surface area contributed by atoms with Gasteiger partial charge in [0.2, 0.25) is 0 Å². The van der Waals surface area contributed by atoms with E-state index in [1.54, 1.807) is 18.3 Å². The fourth-order valence-corrected chi connectivity index (χ4v) is 2.15. The van der Waals surface area contributed by atoms with Gasteiger partial charge in [0, 0.05) is 25.0 Å². The van der Waals surface area contributed by atoms with Crippen LogP contribution in [0.5, 0.6) is 5.75 Å². The quantitative estimate of drug-likeness (QED) is 0.752. The predicted octanol–water partition coefficient (Wildman–Crippen LogP) is 2.72. The van der Waals surface area contributed by atoms with E-state index in [9.17, 15) is 5.11 Å². The van der Waals surface area contributed by atoms with Gasteiger partial charge >= 0.3 is 0 Å². The molecule has 0 saturated carbocycles. The first-order chi connectivity index (χ1) is 9.29. The van der Waals surface area contributed by atoms with Gasteiger partial charge in [0.1, 0.15) is 5.75 Å². The third-order valence-corrected chi connectivity index (χ3v) is 3.22. The van der Waals surface area contributed by atoms with E-state index >= 15 is 0 Å². The molecule has 1 atom stereocenters. The van der Waals surface area contributed by atoms with Crippen LogP contribution in [0.1, 0.15) is 31.4 Å². The Hall–Kier alpha value is -1.81. The van der Waals surface area contributed by atoms with Crippen molar-refractivity contribution < 1.29 is 5.11 Å². The molecule has 0 aliphatic rings. The zero-order valence-electron chi connectivity index (χ0n) is 11.3. The van der Waals surface area contributed by atoms with E-state index in [1.165, 1.54) is 5.56 Å². The number of rotatable bonds is 7. The van der Waals surface area contributed by atoms with Crippen LogP contribution in [0.3, 0.4) is 0 Å². The topological polar surface area (TPSA) is 50.1 Å². The molecule has 0 amide bonds. The van der Waals surface area contributed by atoms with E-state index in [1.807, 2.05) is 29.1 Å². The number of aromatic hydroxyl groups is 1. The van der Waals surface area contributed by atoms with Crippen molar-refractivity contribution in [1.29, 1.82) is 0 Å². The maximum atomic E-state index is 9.30. The molecule has 0 aliphatic heterocycles. The van der Waals surface area contributed by atoms with Crippen LogP contribution >= 0.6 is 0 Å². The monoisotopic (exact) mass is 259 g/mol. The molecule has 0 bridgehead atoms. The van der Waals surface area contributed by atoms with E-state index in [-0.39, 0.29) is 0 Å². The summed E-state index contributed by atoms with van der Waals surface area (Å²) < 4.78 is 1.95. The van der Waals surface area contributed by atoms with Gasteiger partial charge in [0.25, 0.3) is 0 Å². The summed E-state index contributed by atoms with van der Waals surface area (Å²) in [4.78, 5) is 0. The highest BCUT2D eigenvalue weighted by atomic mass is 16.3. The first-order valence-corrected chi connectivity index (χ1v) is 6.79. The normalized spacial score (nSPS) is 12.5. The molecule has 0 radical (unpaired) electrons. The zero-order valence-corrected chi connectivity index (χ0v) is 11.3. The Morgan fingerprint density at radius 1 is 1.32 bits per heavy atom. The predicted molar refractivity (Wildman–Crippen MR) is 76.0 cm³/mol. The van der Waals surface area contributed by atoms with Crippen molar-refractivity contribution in [2.24, 2.45) is 0 Å². The Kier molecular flexibility index (Phi) is 4.98. The van der Waals surface area contributed by atoms with Gasteiger partial charge in [-0.1, -0.05) is 19.1 Å². The van der Waals surface area contributed by atoms with Gasteiger partial charge in [-0.25, -0.2) is 0 Å². The van der Waals surface area contributed by atoms with Gasteiger partial charge in [0.15, 0.2) is 0 Å². The molecule has 1 aromatic carbocycles. The Labute approximate surface area is 114 Å². The average Bonchev–Trinajstić information content (AvgIpc) is 2.93. The lowest BCUT2D eigenvalue weighted by Crippen LogP contribution is -2.22. The maximum Gasteiger partial charge on any atom is 0.115 e. The number of hydrogen-bond donors (Lipinski definition) is 2. The smallest absolute Gasteiger partial charge is 0.115 e. The molecule has 4 nitrogen and oxygen atoms in total. The van der Waals surface area contributed by atoms with Gasteiger partial charge < -0.3 is 10.4 Å². The van der Waals surface area contributed by atoms with Crippen LogP contribution < -0.4 is 5.32 Å². The molecule has 1 unspecified atom stereocenters. The molecule has 1 heterocycles. The summed E-state index contributed by atoms with van der Waals surface area (Å²) in [7, 11) is 0. The highest BCUT2D eigenvalue weighted by Crippen LogP contribution is 2.19. The standard InChI is InChI=1S/C15H21N3O/c1-2-15(13-5-7-14(19)8-6-13)16-9-3-11-18-12-4-10-17-18/h4-8,10,12,15-16,19H,2-3,9,11H2,1H3. The Bertz CT molecular complexity index is 465. The van der Waals surface area contributed by atoms with Crippen molar-refractivity contribution >= 4 is 0 Å². The molecule has 2 N–H and O–H groups in total. The summed E-state index contributed by atoms with van der Waals surface area (Å²) in [5.74, 6) is 0.317. The summed E-state index contributed by atoms with van der Waals surface area (Å²) in [6.45, 7) is 4.06. The minimum atomic E-state index is 0.317. The number of nitrogens with one attached hydrogen (secondary N) is 1. The van der Waals surface area contributed by atoms with E-state index < -0.39 is 0 Å². The second-order valence-electron chi connectivity index (χ2n) is 4.63. The first kappa shape index (κ1) is 13.6. The minimum absolute atomic E-state index is 0.317. The Balaban J connectivity index is 1.77. The summed E-state index contributed by atoms with van der Waals surface area (Å²) in [6, 6.07) is 9.72. The number of aromatic nitrogens is 2. The Morgan fingerprint density at radius 3 is 2.74 bits per heavy atom. The SMILES string of the molecule is CCC(NCCCn1cccn1)c1ccc(O)cc1. The number of benzene rings is 1. The third-order valence-electron chi connectivity index (χ3n) is 3.22. The van der Waals surface area contributed by atoms with E-state index in [2.05, 4.69) is 17.3 Å². The third kappa shape index (κ3) is 4.10. The molecular formula is C15H21N3O. The molecular weight excluding hydrogens is 238 g/mol. The number of nitrogens with zero attached hydrogens (tertiary/aromatic N) is 2. The number of phenolic OH excluding ortho intramolecular Hbond substituents is 1. The lowest BCUT2D eigenvalue weighted by atomic mass is 10.0. The summed E-state index contributed by atoms with van der Waals surface area (Å²) >= 11 is 0. The molecule has 1 aromatic heterocycles. The van der Waals surface area contributed by atoms with Gasteiger partial charge in [-0.15, -0.1) is 0 Å².